The Balaban J connectivity index is 2.80. The SMILES string of the molecule is NS(=O)(=O)N[C@H](Cc1ccc(O)cc1)C(=O)O. The molecule has 1 aromatic carbocycles. The van der Waals surface area contributed by atoms with Gasteiger partial charge in [0.15, 0.2) is 0 Å². The van der Waals surface area contributed by atoms with Crippen molar-refractivity contribution in [3.8, 4) is 5.75 Å². The number of aliphatic carboxylic acids is 1. The lowest BCUT2D eigenvalue weighted by molar-refractivity contribution is -0.138. The zero-order valence-electron chi connectivity index (χ0n) is 8.70. The summed E-state index contributed by atoms with van der Waals surface area (Å²) >= 11 is 0. The van der Waals surface area contributed by atoms with Crippen LogP contribution in [0.1, 0.15) is 5.56 Å². The first-order valence-electron chi connectivity index (χ1n) is 4.59. The highest BCUT2D eigenvalue weighted by molar-refractivity contribution is 7.87. The van der Waals surface area contributed by atoms with Crippen LogP contribution in [0.25, 0.3) is 0 Å². The molecule has 7 nitrogen and oxygen atoms in total. The number of nitrogens with one attached hydrogen (secondary N) is 1. The van der Waals surface area contributed by atoms with Crippen LogP contribution < -0.4 is 9.86 Å². The summed E-state index contributed by atoms with van der Waals surface area (Å²) in [5, 5.41) is 22.6. The Kier molecular flexibility index (Phi) is 4.05. The minimum absolute atomic E-state index is 0.0417. The lowest BCUT2D eigenvalue weighted by Gasteiger charge is -2.12. The van der Waals surface area contributed by atoms with E-state index in [1.807, 2.05) is 0 Å². The highest BCUT2D eigenvalue weighted by Crippen LogP contribution is 2.11. The Morgan fingerprint density at radius 3 is 2.29 bits per heavy atom. The van der Waals surface area contributed by atoms with Crippen molar-refractivity contribution in [2.45, 2.75) is 12.5 Å². The fourth-order valence-corrected chi connectivity index (χ4v) is 1.83. The normalized spacial score (nSPS) is 13.2. The fourth-order valence-electron chi connectivity index (χ4n) is 1.25. The Morgan fingerprint density at radius 2 is 1.88 bits per heavy atom. The predicted molar refractivity (Wildman–Crippen MR) is 59.5 cm³/mol. The molecule has 0 aliphatic heterocycles. The van der Waals surface area contributed by atoms with Crippen molar-refractivity contribution in [3.63, 3.8) is 0 Å². The summed E-state index contributed by atoms with van der Waals surface area (Å²) in [6, 6.07) is 4.41. The maximum Gasteiger partial charge on any atom is 0.322 e. The Hall–Kier alpha value is -1.64. The van der Waals surface area contributed by atoms with E-state index in [0.29, 0.717) is 5.56 Å². The third-order valence-corrected chi connectivity index (χ3v) is 2.59. The lowest BCUT2D eigenvalue weighted by Crippen LogP contribution is -2.45. The van der Waals surface area contributed by atoms with Crippen LogP contribution in [0.4, 0.5) is 0 Å². The van der Waals surface area contributed by atoms with Gasteiger partial charge in [-0.1, -0.05) is 12.1 Å². The number of aromatic hydroxyl groups is 1. The van der Waals surface area contributed by atoms with Crippen molar-refractivity contribution >= 4 is 16.2 Å². The van der Waals surface area contributed by atoms with Crippen LogP contribution in [-0.2, 0) is 21.4 Å². The average Bonchev–Trinajstić information content (AvgIpc) is 2.18. The molecule has 1 aromatic rings. The molecule has 0 saturated carbocycles. The van der Waals surface area contributed by atoms with E-state index in [0.717, 1.165) is 0 Å². The smallest absolute Gasteiger partial charge is 0.322 e. The second-order valence-electron chi connectivity index (χ2n) is 3.42. The Bertz CT molecular complexity index is 497. The van der Waals surface area contributed by atoms with Crippen LogP contribution in [0.3, 0.4) is 0 Å². The van der Waals surface area contributed by atoms with Crippen molar-refractivity contribution in [1.29, 1.82) is 0 Å². The van der Waals surface area contributed by atoms with Crippen LogP contribution in [0, 0.1) is 0 Å². The standard InChI is InChI=1S/C9H12N2O5S/c10-17(15,16)11-8(9(13)14)5-6-1-3-7(12)4-2-6/h1-4,8,11-12H,5H2,(H,13,14)(H2,10,15,16)/t8-/m1/s1. The molecule has 94 valence electrons. The number of phenolic OH excluding ortho intramolecular Hbond substituents is 1. The van der Waals surface area contributed by atoms with Gasteiger partial charge < -0.3 is 10.2 Å². The molecular formula is C9H12N2O5S. The summed E-state index contributed by atoms with van der Waals surface area (Å²) in [4.78, 5) is 10.8. The summed E-state index contributed by atoms with van der Waals surface area (Å²) in [6.45, 7) is 0. The minimum atomic E-state index is -4.08. The van der Waals surface area contributed by atoms with Crippen molar-refractivity contribution < 1.29 is 23.4 Å². The van der Waals surface area contributed by atoms with E-state index >= 15 is 0 Å². The highest BCUT2D eigenvalue weighted by atomic mass is 32.2. The second kappa shape index (κ2) is 5.13. The molecule has 0 aromatic heterocycles. The Labute approximate surface area is 98.1 Å². The van der Waals surface area contributed by atoms with E-state index in [1.54, 1.807) is 4.72 Å². The van der Waals surface area contributed by atoms with Gasteiger partial charge >= 0.3 is 5.97 Å². The highest BCUT2D eigenvalue weighted by Gasteiger charge is 2.21. The van der Waals surface area contributed by atoms with Gasteiger partial charge in [0.05, 0.1) is 0 Å². The molecule has 0 radical (unpaired) electrons. The summed E-state index contributed by atoms with van der Waals surface area (Å²) in [6.07, 6.45) is -0.0634. The van der Waals surface area contributed by atoms with Gasteiger partial charge in [0.2, 0.25) is 0 Å². The van der Waals surface area contributed by atoms with Crippen molar-refractivity contribution in [3.05, 3.63) is 29.8 Å². The average molecular weight is 260 g/mol. The van der Waals surface area contributed by atoms with Crippen molar-refractivity contribution in [1.82, 2.24) is 4.72 Å². The zero-order valence-corrected chi connectivity index (χ0v) is 9.52. The molecule has 1 atom stereocenters. The van der Waals surface area contributed by atoms with Crippen LogP contribution in [0.15, 0.2) is 24.3 Å². The number of rotatable bonds is 5. The molecule has 8 heteroatoms. The van der Waals surface area contributed by atoms with E-state index in [2.05, 4.69) is 0 Å². The van der Waals surface area contributed by atoms with Gasteiger partial charge in [0, 0.05) is 0 Å². The van der Waals surface area contributed by atoms with E-state index in [1.165, 1.54) is 24.3 Å². The van der Waals surface area contributed by atoms with Gasteiger partial charge in [-0.3, -0.25) is 4.79 Å². The van der Waals surface area contributed by atoms with Gasteiger partial charge in [0.1, 0.15) is 11.8 Å². The molecule has 17 heavy (non-hydrogen) atoms. The first-order valence-corrected chi connectivity index (χ1v) is 6.13. The van der Waals surface area contributed by atoms with Crippen LogP contribution in [-0.4, -0.2) is 30.6 Å². The molecule has 0 spiro atoms. The maximum absolute atomic E-state index is 10.8. The first kappa shape index (κ1) is 13.4. The molecule has 5 N–H and O–H groups in total. The maximum atomic E-state index is 10.8. The van der Waals surface area contributed by atoms with E-state index in [-0.39, 0.29) is 12.2 Å². The topological polar surface area (TPSA) is 130 Å². The lowest BCUT2D eigenvalue weighted by atomic mass is 10.1. The molecule has 0 aliphatic rings. The number of phenols is 1. The number of hydrogen-bond donors (Lipinski definition) is 4. The monoisotopic (exact) mass is 260 g/mol. The van der Waals surface area contributed by atoms with Gasteiger partial charge in [-0.15, -0.1) is 0 Å². The van der Waals surface area contributed by atoms with Gasteiger partial charge in [-0.2, -0.15) is 13.1 Å². The van der Waals surface area contributed by atoms with Crippen LogP contribution >= 0.6 is 0 Å². The molecule has 1 rings (SSSR count). The van der Waals surface area contributed by atoms with E-state index < -0.39 is 22.2 Å². The van der Waals surface area contributed by atoms with E-state index in [9.17, 15) is 13.2 Å². The van der Waals surface area contributed by atoms with Crippen molar-refractivity contribution in [2.75, 3.05) is 0 Å². The van der Waals surface area contributed by atoms with Gasteiger partial charge in [-0.05, 0) is 24.1 Å². The first-order chi connectivity index (χ1) is 7.78. The van der Waals surface area contributed by atoms with Gasteiger partial charge in [0.25, 0.3) is 10.2 Å². The number of carboxylic acid groups (broad SMARTS) is 1. The molecule has 0 bridgehead atoms. The Morgan fingerprint density at radius 1 is 1.35 bits per heavy atom. The number of carboxylic acids is 1. The number of carbonyl (C=O) groups is 1. The quantitative estimate of drug-likeness (QED) is 0.549. The number of hydrogen-bond acceptors (Lipinski definition) is 4. The van der Waals surface area contributed by atoms with Crippen LogP contribution in [0.2, 0.25) is 0 Å². The molecule has 0 saturated heterocycles. The third-order valence-electron chi connectivity index (χ3n) is 1.98. The molecule has 0 aliphatic carbocycles. The molecule has 0 unspecified atom stereocenters. The predicted octanol–water partition coefficient (Wildman–Crippen LogP) is -0.819. The summed E-state index contributed by atoms with van der Waals surface area (Å²) in [7, 11) is -4.08. The van der Waals surface area contributed by atoms with Crippen molar-refractivity contribution in [2.24, 2.45) is 5.14 Å². The summed E-state index contributed by atoms with van der Waals surface area (Å²) in [5.74, 6) is -1.29. The molecular weight excluding hydrogens is 248 g/mol. The summed E-state index contributed by atoms with van der Waals surface area (Å²) < 4.78 is 23.3. The zero-order chi connectivity index (χ0) is 13.1. The summed E-state index contributed by atoms with van der Waals surface area (Å²) in [5.41, 5.74) is 0.561. The number of nitrogens with two attached hydrogens (primary N) is 1. The molecule has 0 amide bonds. The van der Waals surface area contributed by atoms with E-state index in [4.69, 9.17) is 15.4 Å². The third kappa shape index (κ3) is 4.81. The number of benzene rings is 1. The fraction of sp³-hybridized carbons (Fsp3) is 0.222. The molecule has 0 fully saturated rings. The largest absolute Gasteiger partial charge is 0.508 e. The minimum Gasteiger partial charge on any atom is -0.508 e. The molecule has 0 heterocycles. The second-order valence-corrected chi connectivity index (χ2v) is 4.75. The van der Waals surface area contributed by atoms with Gasteiger partial charge in [-0.25, -0.2) is 5.14 Å². The van der Waals surface area contributed by atoms with Crippen LogP contribution in [0.5, 0.6) is 5.75 Å².